The Morgan fingerprint density at radius 1 is 1.14 bits per heavy atom. The maximum absolute atomic E-state index is 12.5. The molecule has 0 spiro atoms. The largest absolute Gasteiger partial charge is 0.397 e. The minimum atomic E-state index is -3.77. The topological polar surface area (TPSA) is 72.2 Å². The van der Waals surface area contributed by atoms with Gasteiger partial charge in [0.2, 0.25) is 0 Å². The molecule has 0 atom stereocenters. The maximum Gasteiger partial charge on any atom is 0.263 e. The molecule has 0 fully saturated rings. The number of rotatable bonds is 3. The Labute approximate surface area is 145 Å². The Morgan fingerprint density at radius 3 is 2.43 bits per heavy atom. The summed E-state index contributed by atoms with van der Waals surface area (Å²) in [6.45, 7) is 1.87. The summed E-state index contributed by atoms with van der Waals surface area (Å²) in [7, 11) is -3.77. The molecule has 112 valence electrons. The molecule has 4 nitrogen and oxygen atoms in total. The van der Waals surface area contributed by atoms with Crippen molar-refractivity contribution in [3.8, 4) is 0 Å². The first-order chi connectivity index (χ1) is 9.70. The summed E-state index contributed by atoms with van der Waals surface area (Å²) in [5.74, 6) is 0. The molecule has 3 N–H and O–H groups in total. The van der Waals surface area contributed by atoms with E-state index in [0.29, 0.717) is 14.0 Å². The Morgan fingerprint density at radius 2 is 1.81 bits per heavy atom. The number of halogens is 3. The molecule has 21 heavy (non-hydrogen) atoms. The first kappa shape index (κ1) is 16.6. The van der Waals surface area contributed by atoms with Gasteiger partial charge in [0.25, 0.3) is 10.0 Å². The smallest absolute Gasteiger partial charge is 0.263 e. The van der Waals surface area contributed by atoms with Crippen molar-refractivity contribution in [2.75, 3.05) is 10.5 Å². The number of hydrogen-bond donors (Lipinski definition) is 2. The van der Waals surface area contributed by atoms with Gasteiger partial charge in [-0.25, -0.2) is 8.42 Å². The lowest BCUT2D eigenvalue weighted by Gasteiger charge is -2.13. The Balaban J connectivity index is 2.46. The number of sulfonamides is 1. The van der Waals surface area contributed by atoms with Crippen molar-refractivity contribution in [1.29, 1.82) is 0 Å². The zero-order valence-electron chi connectivity index (χ0n) is 10.8. The highest BCUT2D eigenvalue weighted by molar-refractivity contribution is 9.11. The van der Waals surface area contributed by atoms with Gasteiger partial charge < -0.3 is 5.73 Å². The summed E-state index contributed by atoms with van der Waals surface area (Å²) in [6.07, 6.45) is 0. The summed E-state index contributed by atoms with van der Waals surface area (Å²) in [5.41, 5.74) is 7.23. The third-order valence-electron chi connectivity index (χ3n) is 2.76. The number of benzene rings is 2. The van der Waals surface area contributed by atoms with Crippen molar-refractivity contribution in [2.45, 2.75) is 11.8 Å². The molecule has 0 bridgehead atoms. The van der Waals surface area contributed by atoms with Crippen molar-refractivity contribution >= 4 is 64.9 Å². The summed E-state index contributed by atoms with van der Waals surface area (Å²) in [5, 5.41) is 0.440. The average Bonchev–Trinajstić information content (AvgIpc) is 2.37. The molecule has 0 saturated carbocycles. The normalized spacial score (nSPS) is 11.4. The van der Waals surface area contributed by atoms with Crippen molar-refractivity contribution < 1.29 is 8.42 Å². The van der Waals surface area contributed by atoms with Crippen LogP contribution in [-0.4, -0.2) is 8.42 Å². The van der Waals surface area contributed by atoms with Gasteiger partial charge in [-0.15, -0.1) is 0 Å². The van der Waals surface area contributed by atoms with E-state index in [1.807, 2.05) is 6.92 Å². The maximum atomic E-state index is 12.5. The highest BCUT2D eigenvalue weighted by atomic mass is 79.9. The van der Waals surface area contributed by atoms with Gasteiger partial charge in [-0.2, -0.15) is 0 Å². The summed E-state index contributed by atoms with van der Waals surface area (Å²) in [6, 6.07) is 7.83. The fourth-order valence-electron chi connectivity index (χ4n) is 1.66. The lowest BCUT2D eigenvalue weighted by atomic mass is 10.2. The molecule has 2 rings (SSSR count). The molecule has 0 aliphatic rings. The Hall–Kier alpha value is -0.760. The van der Waals surface area contributed by atoms with Gasteiger partial charge in [0.1, 0.15) is 4.90 Å². The van der Waals surface area contributed by atoms with E-state index >= 15 is 0 Å². The SMILES string of the molecule is Cc1cc(Br)c(S(=O)(=O)Nc2ccc(Cl)cc2N)cc1Br. The van der Waals surface area contributed by atoms with Gasteiger partial charge in [0.05, 0.1) is 11.4 Å². The third-order valence-corrected chi connectivity index (χ3v) is 6.17. The van der Waals surface area contributed by atoms with E-state index in [4.69, 9.17) is 17.3 Å². The van der Waals surface area contributed by atoms with E-state index in [-0.39, 0.29) is 16.3 Å². The Kier molecular flexibility index (Phi) is 4.87. The average molecular weight is 455 g/mol. The van der Waals surface area contributed by atoms with Crippen LogP contribution in [0.25, 0.3) is 0 Å². The molecule has 0 unspecified atom stereocenters. The molecule has 2 aromatic rings. The monoisotopic (exact) mass is 452 g/mol. The Bertz CT molecular complexity index is 810. The van der Waals surface area contributed by atoms with Crippen molar-refractivity contribution in [1.82, 2.24) is 0 Å². The number of nitrogen functional groups attached to an aromatic ring is 1. The highest BCUT2D eigenvalue weighted by Crippen LogP contribution is 2.31. The van der Waals surface area contributed by atoms with E-state index < -0.39 is 10.0 Å². The number of nitrogens with two attached hydrogens (primary N) is 1. The molecule has 0 saturated heterocycles. The van der Waals surface area contributed by atoms with Crippen LogP contribution in [0.3, 0.4) is 0 Å². The lowest BCUT2D eigenvalue weighted by Crippen LogP contribution is -2.15. The molecule has 0 radical (unpaired) electrons. The van der Waals surface area contributed by atoms with E-state index in [0.717, 1.165) is 5.56 Å². The molecule has 2 aromatic carbocycles. The zero-order valence-corrected chi connectivity index (χ0v) is 15.6. The first-order valence-corrected chi connectivity index (χ1v) is 9.19. The summed E-state index contributed by atoms with van der Waals surface area (Å²) >= 11 is 12.4. The van der Waals surface area contributed by atoms with Crippen LogP contribution in [0.15, 0.2) is 44.2 Å². The second-order valence-corrected chi connectivity index (χ2v) is 8.16. The molecule has 0 heterocycles. The van der Waals surface area contributed by atoms with Gasteiger partial charge >= 0.3 is 0 Å². The van der Waals surface area contributed by atoms with Crippen LogP contribution < -0.4 is 10.5 Å². The van der Waals surface area contributed by atoms with Crippen LogP contribution in [0.5, 0.6) is 0 Å². The molecule has 8 heteroatoms. The van der Waals surface area contributed by atoms with E-state index in [1.54, 1.807) is 12.1 Å². The third kappa shape index (κ3) is 3.71. The van der Waals surface area contributed by atoms with E-state index in [9.17, 15) is 8.42 Å². The lowest BCUT2D eigenvalue weighted by molar-refractivity contribution is 0.600. The minimum absolute atomic E-state index is 0.120. The summed E-state index contributed by atoms with van der Waals surface area (Å²) in [4.78, 5) is 0.120. The van der Waals surface area contributed by atoms with Crippen molar-refractivity contribution in [2.24, 2.45) is 0 Å². The number of nitrogens with one attached hydrogen (secondary N) is 1. The molecule has 0 amide bonds. The number of hydrogen-bond acceptors (Lipinski definition) is 3. The second-order valence-electron chi connectivity index (χ2n) is 4.37. The number of anilines is 2. The van der Waals surface area contributed by atoms with Crippen LogP contribution in [-0.2, 0) is 10.0 Å². The van der Waals surface area contributed by atoms with Crippen molar-refractivity contribution in [3.63, 3.8) is 0 Å². The van der Waals surface area contributed by atoms with Gasteiger partial charge in [0.15, 0.2) is 0 Å². The minimum Gasteiger partial charge on any atom is -0.397 e. The molecular formula is C13H11Br2ClN2O2S. The molecule has 0 aliphatic heterocycles. The van der Waals surface area contributed by atoms with E-state index in [2.05, 4.69) is 36.6 Å². The molecule has 0 aromatic heterocycles. The van der Waals surface area contributed by atoms with Gasteiger partial charge in [-0.3, -0.25) is 4.72 Å². The van der Waals surface area contributed by atoms with Gasteiger partial charge in [-0.1, -0.05) is 27.5 Å². The fourth-order valence-corrected chi connectivity index (χ4v) is 4.61. The van der Waals surface area contributed by atoms with Crippen molar-refractivity contribution in [3.05, 3.63) is 49.9 Å². The quantitative estimate of drug-likeness (QED) is 0.668. The predicted molar refractivity (Wildman–Crippen MR) is 93.3 cm³/mol. The van der Waals surface area contributed by atoms with Crippen LogP contribution >= 0.6 is 43.5 Å². The van der Waals surface area contributed by atoms with Crippen LogP contribution in [0.1, 0.15) is 5.56 Å². The fraction of sp³-hybridized carbons (Fsp3) is 0.0769. The predicted octanol–water partition coefficient (Wildman–Crippen LogP) is 4.56. The number of aryl methyl sites for hydroxylation is 1. The second kappa shape index (κ2) is 6.16. The van der Waals surface area contributed by atoms with E-state index in [1.165, 1.54) is 18.2 Å². The van der Waals surface area contributed by atoms with Gasteiger partial charge in [-0.05, 0) is 58.7 Å². The zero-order chi connectivity index (χ0) is 15.8. The summed E-state index contributed by atoms with van der Waals surface area (Å²) < 4.78 is 28.6. The molecular weight excluding hydrogens is 443 g/mol. The van der Waals surface area contributed by atoms with Crippen LogP contribution in [0, 0.1) is 6.92 Å². The first-order valence-electron chi connectivity index (χ1n) is 5.74. The van der Waals surface area contributed by atoms with Crippen LogP contribution in [0.2, 0.25) is 5.02 Å². The van der Waals surface area contributed by atoms with Crippen LogP contribution in [0.4, 0.5) is 11.4 Å². The van der Waals surface area contributed by atoms with Gasteiger partial charge in [0, 0.05) is 14.0 Å². The highest BCUT2D eigenvalue weighted by Gasteiger charge is 2.20. The molecule has 0 aliphatic carbocycles. The standard InChI is InChI=1S/C13H11Br2ClN2O2S/c1-7-4-10(15)13(6-9(7)14)21(19,20)18-12-3-2-8(16)5-11(12)17/h2-6,18H,17H2,1H3.